The Balaban J connectivity index is 1.56. The number of nitrogens with zero attached hydrogens (tertiary/aromatic N) is 3. The van der Waals surface area contributed by atoms with Crippen molar-refractivity contribution in [3.8, 4) is 0 Å². The van der Waals surface area contributed by atoms with E-state index in [-0.39, 0.29) is 5.91 Å². The van der Waals surface area contributed by atoms with Crippen LogP contribution in [0.15, 0.2) is 36.9 Å². The molecule has 1 aromatic carbocycles. The Kier molecular flexibility index (Phi) is 4.51. The zero-order chi connectivity index (χ0) is 15.4. The molecule has 5 heteroatoms. The third-order valence-corrected chi connectivity index (χ3v) is 4.38. The molecule has 1 fully saturated rings. The molecule has 1 heterocycles. The molecule has 1 aliphatic carbocycles. The van der Waals surface area contributed by atoms with Gasteiger partial charge in [0.05, 0.1) is 6.54 Å². The van der Waals surface area contributed by atoms with E-state index in [1.807, 2.05) is 24.3 Å². The number of carbonyl (C=O) groups is 1. The Morgan fingerprint density at radius 1 is 1.23 bits per heavy atom. The summed E-state index contributed by atoms with van der Waals surface area (Å²) in [5.41, 5.74) is 1.83. The minimum Gasteiger partial charge on any atom is -0.349 e. The van der Waals surface area contributed by atoms with Crippen molar-refractivity contribution in [1.82, 2.24) is 20.1 Å². The zero-order valence-corrected chi connectivity index (χ0v) is 12.9. The molecule has 1 N–H and O–H groups in total. The highest BCUT2D eigenvalue weighted by Crippen LogP contribution is 2.23. The van der Waals surface area contributed by atoms with Crippen molar-refractivity contribution in [1.29, 1.82) is 0 Å². The number of amides is 1. The van der Waals surface area contributed by atoms with Gasteiger partial charge in [-0.1, -0.05) is 19.1 Å². The van der Waals surface area contributed by atoms with Crippen LogP contribution in [0.4, 0.5) is 0 Å². The lowest BCUT2D eigenvalue weighted by molar-refractivity contribution is 0.0923. The Morgan fingerprint density at radius 3 is 2.59 bits per heavy atom. The minimum absolute atomic E-state index is 0.0341. The maximum atomic E-state index is 12.3. The second kappa shape index (κ2) is 6.73. The second-order valence-corrected chi connectivity index (χ2v) is 6.22. The summed E-state index contributed by atoms with van der Waals surface area (Å²) in [6.07, 6.45) is 7.82. The summed E-state index contributed by atoms with van der Waals surface area (Å²) >= 11 is 0. The summed E-state index contributed by atoms with van der Waals surface area (Å²) in [7, 11) is 0. The molecule has 22 heavy (non-hydrogen) atoms. The average Bonchev–Trinajstić information content (AvgIpc) is 3.03. The van der Waals surface area contributed by atoms with Gasteiger partial charge in [-0.25, -0.2) is 9.67 Å². The maximum Gasteiger partial charge on any atom is 0.251 e. The molecule has 1 aromatic heterocycles. The molecule has 0 spiro atoms. The molecule has 0 saturated heterocycles. The fourth-order valence-electron chi connectivity index (χ4n) is 2.94. The molecule has 116 valence electrons. The minimum atomic E-state index is 0.0341. The Bertz CT molecular complexity index is 598. The molecule has 3 rings (SSSR count). The van der Waals surface area contributed by atoms with E-state index in [9.17, 15) is 4.79 Å². The van der Waals surface area contributed by atoms with Gasteiger partial charge in [-0.3, -0.25) is 4.79 Å². The van der Waals surface area contributed by atoms with Crippen LogP contribution in [0, 0.1) is 5.92 Å². The van der Waals surface area contributed by atoms with E-state index in [0.29, 0.717) is 12.6 Å². The molecule has 1 saturated carbocycles. The largest absolute Gasteiger partial charge is 0.349 e. The normalized spacial score (nSPS) is 21.5. The lowest BCUT2D eigenvalue weighted by Crippen LogP contribution is -2.37. The van der Waals surface area contributed by atoms with Gasteiger partial charge < -0.3 is 5.32 Å². The smallest absolute Gasteiger partial charge is 0.251 e. The molecule has 0 aliphatic heterocycles. The first kappa shape index (κ1) is 14.8. The number of rotatable bonds is 4. The number of hydrogen-bond acceptors (Lipinski definition) is 3. The van der Waals surface area contributed by atoms with Crippen LogP contribution in [0.2, 0.25) is 0 Å². The molecule has 2 aromatic rings. The predicted molar refractivity (Wildman–Crippen MR) is 84.5 cm³/mol. The molecular weight excluding hydrogens is 276 g/mol. The molecule has 0 bridgehead atoms. The fourth-order valence-corrected chi connectivity index (χ4v) is 2.94. The van der Waals surface area contributed by atoms with Crippen molar-refractivity contribution < 1.29 is 4.79 Å². The van der Waals surface area contributed by atoms with E-state index in [0.717, 1.165) is 29.9 Å². The van der Waals surface area contributed by atoms with Crippen LogP contribution in [0.1, 0.15) is 48.5 Å². The topological polar surface area (TPSA) is 59.8 Å². The van der Waals surface area contributed by atoms with Crippen molar-refractivity contribution in [3.05, 3.63) is 48.0 Å². The van der Waals surface area contributed by atoms with E-state index in [4.69, 9.17) is 0 Å². The van der Waals surface area contributed by atoms with Gasteiger partial charge in [0.1, 0.15) is 12.7 Å². The van der Waals surface area contributed by atoms with Gasteiger partial charge in [0.15, 0.2) is 0 Å². The van der Waals surface area contributed by atoms with Gasteiger partial charge in [-0.15, -0.1) is 0 Å². The maximum absolute atomic E-state index is 12.3. The average molecular weight is 298 g/mol. The number of benzene rings is 1. The summed E-state index contributed by atoms with van der Waals surface area (Å²) < 4.78 is 1.76. The zero-order valence-electron chi connectivity index (χ0n) is 12.9. The van der Waals surface area contributed by atoms with Gasteiger partial charge in [0.25, 0.3) is 5.91 Å². The second-order valence-electron chi connectivity index (χ2n) is 6.22. The van der Waals surface area contributed by atoms with E-state index in [1.54, 1.807) is 11.0 Å². The summed E-state index contributed by atoms with van der Waals surface area (Å²) in [6.45, 7) is 2.95. The highest BCUT2D eigenvalue weighted by atomic mass is 16.1. The number of nitrogens with one attached hydrogen (secondary N) is 1. The molecule has 0 radical (unpaired) electrons. The summed E-state index contributed by atoms with van der Waals surface area (Å²) in [4.78, 5) is 16.2. The van der Waals surface area contributed by atoms with Crippen LogP contribution in [0.25, 0.3) is 0 Å². The van der Waals surface area contributed by atoms with Crippen molar-refractivity contribution >= 4 is 5.91 Å². The third kappa shape index (κ3) is 3.72. The van der Waals surface area contributed by atoms with Crippen molar-refractivity contribution in [2.75, 3.05) is 0 Å². The lowest BCUT2D eigenvalue weighted by Gasteiger charge is -2.26. The van der Waals surface area contributed by atoms with Crippen molar-refractivity contribution in [3.63, 3.8) is 0 Å². The molecule has 0 unspecified atom stereocenters. The third-order valence-electron chi connectivity index (χ3n) is 4.38. The Hall–Kier alpha value is -2.17. The van der Waals surface area contributed by atoms with Crippen molar-refractivity contribution in [2.24, 2.45) is 5.92 Å². The molecule has 1 aliphatic rings. The molecular formula is C17H22N4O. The first-order valence-electron chi connectivity index (χ1n) is 7.93. The van der Waals surface area contributed by atoms with E-state index >= 15 is 0 Å². The lowest BCUT2D eigenvalue weighted by atomic mass is 9.87. The number of carbonyl (C=O) groups excluding carboxylic acids is 1. The van der Waals surface area contributed by atoms with Crippen LogP contribution in [0.5, 0.6) is 0 Å². The molecule has 5 nitrogen and oxygen atoms in total. The SMILES string of the molecule is CC1CCC(NC(=O)c2ccc(Cn3cncn3)cc2)CC1. The predicted octanol–water partition coefficient (Wildman–Crippen LogP) is 2.63. The van der Waals surface area contributed by atoms with E-state index < -0.39 is 0 Å². The Labute approximate surface area is 130 Å². The number of hydrogen-bond donors (Lipinski definition) is 1. The first-order chi connectivity index (χ1) is 10.7. The van der Waals surface area contributed by atoms with Crippen LogP contribution < -0.4 is 5.32 Å². The van der Waals surface area contributed by atoms with Gasteiger partial charge in [-0.2, -0.15) is 5.10 Å². The fraction of sp³-hybridized carbons (Fsp3) is 0.471. The van der Waals surface area contributed by atoms with Gasteiger partial charge in [-0.05, 0) is 49.3 Å². The van der Waals surface area contributed by atoms with Crippen LogP contribution in [0.3, 0.4) is 0 Å². The summed E-state index contributed by atoms with van der Waals surface area (Å²) in [5, 5.41) is 7.23. The van der Waals surface area contributed by atoms with Gasteiger partial charge in [0.2, 0.25) is 0 Å². The highest BCUT2D eigenvalue weighted by Gasteiger charge is 2.20. The monoisotopic (exact) mass is 298 g/mol. The Morgan fingerprint density at radius 2 is 1.95 bits per heavy atom. The first-order valence-corrected chi connectivity index (χ1v) is 7.93. The summed E-state index contributed by atoms with van der Waals surface area (Å²) in [6, 6.07) is 8.04. The van der Waals surface area contributed by atoms with Crippen LogP contribution >= 0.6 is 0 Å². The van der Waals surface area contributed by atoms with Crippen molar-refractivity contribution in [2.45, 2.75) is 45.2 Å². The van der Waals surface area contributed by atoms with Gasteiger partial charge >= 0.3 is 0 Å². The van der Waals surface area contributed by atoms with Gasteiger partial charge in [0, 0.05) is 11.6 Å². The molecule has 1 amide bonds. The molecule has 0 atom stereocenters. The van der Waals surface area contributed by atoms with E-state index in [1.165, 1.54) is 19.2 Å². The quantitative estimate of drug-likeness (QED) is 0.944. The van der Waals surface area contributed by atoms with E-state index in [2.05, 4.69) is 22.3 Å². The summed E-state index contributed by atoms with van der Waals surface area (Å²) in [5.74, 6) is 0.830. The van der Waals surface area contributed by atoms with Crippen LogP contribution in [-0.2, 0) is 6.54 Å². The standard InChI is InChI=1S/C17H22N4O/c1-13-2-8-16(9-3-13)20-17(22)15-6-4-14(5-7-15)10-21-12-18-11-19-21/h4-7,11-13,16H,2-3,8-10H2,1H3,(H,20,22). The highest BCUT2D eigenvalue weighted by molar-refractivity contribution is 5.94. The number of aromatic nitrogens is 3. The van der Waals surface area contributed by atoms with Crippen LogP contribution in [-0.4, -0.2) is 26.7 Å².